The molecule has 3 rings (SSSR count). The van der Waals surface area contributed by atoms with Crippen LogP contribution in [0, 0.1) is 3.57 Å². The van der Waals surface area contributed by atoms with Gasteiger partial charge in [0.25, 0.3) is 5.91 Å². The Morgan fingerprint density at radius 1 is 1.11 bits per heavy atom. The summed E-state index contributed by atoms with van der Waals surface area (Å²) in [6.07, 6.45) is 1.07. The molecule has 1 unspecified atom stereocenters. The Balaban J connectivity index is 1.88. The first kappa shape index (κ1) is 19.5. The Morgan fingerprint density at radius 3 is 2.41 bits per heavy atom. The summed E-state index contributed by atoms with van der Waals surface area (Å²) in [6, 6.07) is 16.0. The van der Waals surface area contributed by atoms with Crippen LogP contribution in [0.2, 0.25) is 0 Å². The molecule has 1 aliphatic heterocycles. The molecule has 140 valence electrons. The SMILES string of the molecule is CCCC(=O)N(Cc1ccccc1)C1CC(=O)N(c2ccc(I)cc2)C1=O. The first-order valence-corrected chi connectivity index (χ1v) is 10.0. The van der Waals surface area contributed by atoms with Crippen LogP contribution in [-0.2, 0) is 20.9 Å². The Hall–Kier alpha value is -2.22. The van der Waals surface area contributed by atoms with Gasteiger partial charge in [0.2, 0.25) is 11.8 Å². The molecule has 6 heteroatoms. The number of anilines is 1. The Labute approximate surface area is 172 Å². The first-order chi connectivity index (χ1) is 13.0. The minimum Gasteiger partial charge on any atom is -0.326 e. The molecule has 5 nitrogen and oxygen atoms in total. The van der Waals surface area contributed by atoms with Gasteiger partial charge in [-0.3, -0.25) is 14.4 Å². The van der Waals surface area contributed by atoms with Crippen molar-refractivity contribution in [1.82, 2.24) is 4.90 Å². The molecule has 0 aromatic heterocycles. The van der Waals surface area contributed by atoms with E-state index in [1.807, 2.05) is 49.4 Å². The third-order valence-corrected chi connectivity index (χ3v) is 5.28. The number of benzene rings is 2. The normalized spacial score (nSPS) is 16.7. The maximum absolute atomic E-state index is 13.1. The number of nitrogens with zero attached hydrogens (tertiary/aromatic N) is 2. The van der Waals surface area contributed by atoms with Gasteiger partial charge in [-0.15, -0.1) is 0 Å². The largest absolute Gasteiger partial charge is 0.326 e. The molecular formula is C21H21IN2O3. The number of carbonyl (C=O) groups excluding carboxylic acids is 3. The van der Waals surface area contributed by atoms with Crippen molar-refractivity contribution in [1.29, 1.82) is 0 Å². The van der Waals surface area contributed by atoms with Crippen LogP contribution in [0.5, 0.6) is 0 Å². The molecule has 1 atom stereocenters. The fourth-order valence-corrected chi connectivity index (χ4v) is 3.59. The topological polar surface area (TPSA) is 57.7 Å². The summed E-state index contributed by atoms with van der Waals surface area (Å²) in [5, 5.41) is 0. The van der Waals surface area contributed by atoms with E-state index in [1.165, 1.54) is 4.90 Å². The minimum atomic E-state index is -0.754. The van der Waals surface area contributed by atoms with Crippen molar-refractivity contribution in [2.45, 2.75) is 38.8 Å². The number of halogens is 1. The van der Waals surface area contributed by atoms with Gasteiger partial charge in [0.15, 0.2) is 0 Å². The summed E-state index contributed by atoms with van der Waals surface area (Å²) in [7, 11) is 0. The van der Waals surface area contributed by atoms with Gasteiger partial charge in [-0.1, -0.05) is 37.3 Å². The second kappa shape index (κ2) is 8.65. The summed E-state index contributed by atoms with van der Waals surface area (Å²) >= 11 is 2.17. The molecule has 2 aromatic rings. The van der Waals surface area contributed by atoms with Crippen molar-refractivity contribution in [3.63, 3.8) is 0 Å². The van der Waals surface area contributed by atoms with Gasteiger partial charge >= 0.3 is 0 Å². The van der Waals surface area contributed by atoms with Crippen molar-refractivity contribution in [3.8, 4) is 0 Å². The molecule has 0 spiro atoms. The summed E-state index contributed by atoms with van der Waals surface area (Å²) in [5.74, 6) is -0.702. The van der Waals surface area contributed by atoms with Gasteiger partial charge in [-0.25, -0.2) is 4.90 Å². The zero-order valence-electron chi connectivity index (χ0n) is 15.1. The molecule has 3 amide bonds. The van der Waals surface area contributed by atoms with E-state index in [-0.39, 0.29) is 24.1 Å². The van der Waals surface area contributed by atoms with Gasteiger partial charge in [-0.2, -0.15) is 0 Å². The minimum absolute atomic E-state index is 0.0209. The highest BCUT2D eigenvalue weighted by Gasteiger charge is 2.44. The molecule has 0 saturated carbocycles. The molecule has 1 fully saturated rings. The van der Waals surface area contributed by atoms with Crippen LogP contribution in [0.25, 0.3) is 0 Å². The fraction of sp³-hybridized carbons (Fsp3) is 0.286. The predicted octanol–water partition coefficient (Wildman–Crippen LogP) is 3.75. The fourth-order valence-electron chi connectivity index (χ4n) is 3.23. The second-order valence-corrected chi connectivity index (χ2v) is 7.77. The van der Waals surface area contributed by atoms with Gasteiger partial charge in [-0.05, 0) is 58.8 Å². The highest BCUT2D eigenvalue weighted by atomic mass is 127. The highest BCUT2D eigenvalue weighted by Crippen LogP contribution is 2.27. The van der Waals surface area contributed by atoms with E-state index in [9.17, 15) is 14.4 Å². The standard InChI is InChI=1S/C21H21IN2O3/c1-2-6-19(25)23(14-15-7-4-3-5-8-15)18-13-20(26)24(21(18)27)17-11-9-16(22)10-12-17/h3-5,7-12,18H,2,6,13-14H2,1H3. The Kier molecular flexibility index (Phi) is 6.26. The van der Waals surface area contributed by atoms with Crippen LogP contribution < -0.4 is 4.90 Å². The number of amides is 3. The van der Waals surface area contributed by atoms with E-state index in [1.54, 1.807) is 17.0 Å². The van der Waals surface area contributed by atoms with Crippen LogP contribution in [0.1, 0.15) is 31.7 Å². The third-order valence-electron chi connectivity index (χ3n) is 4.56. The lowest BCUT2D eigenvalue weighted by molar-refractivity contribution is -0.139. The van der Waals surface area contributed by atoms with E-state index in [0.29, 0.717) is 25.1 Å². The number of imide groups is 1. The van der Waals surface area contributed by atoms with Gasteiger partial charge in [0.1, 0.15) is 6.04 Å². The molecule has 0 N–H and O–H groups in total. The van der Waals surface area contributed by atoms with Crippen LogP contribution in [-0.4, -0.2) is 28.7 Å². The summed E-state index contributed by atoms with van der Waals surface area (Å²) in [4.78, 5) is 41.1. The Bertz CT molecular complexity index is 836. The smallest absolute Gasteiger partial charge is 0.257 e. The van der Waals surface area contributed by atoms with Crippen molar-refractivity contribution in [2.24, 2.45) is 0 Å². The number of rotatable bonds is 6. The van der Waals surface area contributed by atoms with Crippen molar-refractivity contribution in [3.05, 3.63) is 63.7 Å². The number of hydrogen-bond acceptors (Lipinski definition) is 3. The van der Waals surface area contributed by atoms with Crippen molar-refractivity contribution in [2.75, 3.05) is 4.90 Å². The Morgan fingerprint density at radius 2 is 1.78 bits per heavy atom. The van der Waals surface area contributed by atoms with Crippen molar-refractivity contribution < 1.29 is 14.4 Å². The van der Waals surface area contributed by atoms with Gasteiger partial charge in [0.05, 0.1) is 12.1 Å². The molecule has 0 radical (unpaired) electrons. The van der Waals surface area contributed by atoms with Crippen LogP contribution in [0.15, 0.2) is 54.6 Å². The average Bonchev–Trinajstić information content (AvgIpc) is 2.96. The van der Waals surface area contributed by atoms with E-state index >= 15 is 0 Å². The van der Waals surface area contributed by atoms with E-state index < -0.39 is 6.04 Å². The molecule has 27 heavy (non-hydrogen) atoms. The van der Waals surface area contributed by atoms with E-state index in [0.717, 1.165) is 9.13 Å². The zero-order chi connectivity index (χ0) is 19.4. The number of hydrogen-bond donors (Lipinski definition) is 0. The van der Waals surface area contributed by atoms with Gasteiger partial charge < -0.3 is 4.90 Å². The number of carbonyl (C=O) groups is 3. The zero-order valence-corrected chi connectivity index (χ0v) is 17.3. The summed E-state index contributed by atoms with van der Waals surface area (Å²) in [6.45, 7) is 2.25. The average molecular weight is 476 g/mol. The van der Waals surface area contributed by atoms with Crippen LogP contribution in [0.3, 0.4) is 0 Å². The quantitative estimate of drug-likeness (QED) is 0.472. The monoisotopic (exact) mass is 476 g/mol. The molecule has 2 aromatic carbocycles. The first-order valence-electron chi connectivity index (χ1n) is 8.97. The lowest BCUT2D eigenvalue weighted by Crippen LogP contribution is -2.45. The third kappa shape index (κ3) is 4.37. The van der Waals surface area contributed by atoms with E-state index in [2.05, 4.69) is 22.6 Å². The van der Waals surface area contributed by atoms with Crippen LogP contribution >= 0.6 is 22.6 Å². The lowest BCUT2D eigenvalue weighted by Gasteiger charge is -2.28. The lowest BCUT2D eigenvalue weighted by atomic mass is 10.1. The predicted molar refractivity (Wildman–Crippen MR) is 112 cm³/mol. The van der Waals surface area contributed by atoms with E-state index in [4.69, 9.17) is 0 Å². The van der Waals surface area contributed by atoms with Crippen LogP contribution in [0.4, 0.5) is 5.69 Å². The summed E-state index contributed by atoms with van der Waals surface area (Å²) < 4.78 is 1.02. The van der Waals surface area contributed by atoms with Gasteiger partial charge in [0, 0.05) is 16.5 Å². The highest BCUT2D eigenvalue weighted by molar-refractivity contribution is 14.1. The maximum Gasteiger partial charge on any atom is 0.257 e. The van der Waals surface area contributed by atoms with Crippen molar-refractivity contribution >= 4 is 46.0 Å². The molecule has 0 aliphatic carbocycles. The molecule has 1 aliphatic rings. The maximum atomic E-state index is 13.1. The molecule has 0 bridgehead atoms. The molecule has 1 heterocycles. The summed E-state index contributed by atoms with van der Waals surface area (Å²) in [5.41, 5.74) is 1.49. The molecular weight excluding hydrogens is 455 g/mol. The molecule has 1 saturated heterocycles. The second-order valence-electron chi connectivity index (χ2n) is 6.52.